The van der Waals surface area contributed by atoms with Gasteiger partial charge in [-0.25, -0.2) is 4.98 Å². The van der Waals surface area contributed by atoms with Gasteiger partial charge in [0.25, 0.3) is 0 Å². The summed E-state index contributed by atoms with van der Waals surface area (Å²) < 4.78 is 5.15. The standard InChI is InChI=1S/C14H18N2O2S/c1-11(10-19-14-6-2-3-7-15-14)16-9-12(17)13-5-4-8-18-13/h2-8,11-12,16-17H,9-10H2,1H3. The topological polar surface area (TPSA) is 58.3 Å². The first-order chi connectivity index (χ1) is 9.25. The Balaban J connectivity index is 1.69. The number of aliphatic hydroxyl groups is 1. The molecule has 0 aliphatic carbocycles. The van der Waals surface area contributed by atoms with Crippen LogP contribution in [-0.2, 0) is 0 Å². The second kappa shape index (κ2) is 7.33. The van der Waals surface area contributed by atoms with E-state index in [4.69, 9.17) is 4.42 Å². The number of nitrogens with zero attached hydrogens (tertiary/aromatic N) is 1. The van der Waals surface area contributed by atoms with Crippen molar-refractivity contribution in [2.75, 3.05) is 12.3 Å². The molecule has 2 heterocycles. The summed E-state index contributed by atoms with van der Waals surface area (Å²) in [5, 5.41) is 14.2. The van der Waals surface area contributed by atoms with Crippen LogP contribution in [0.15, 0.2) is 52.2 Å². The Morgan fingerprint density at radius 2 is 2.26 bits per heavy atom. The van der Waals surface area contributed by atoms with Crippen LogP contribution in [0.3, 0.4) is 0 Å². The molecule has 2 atom stereocenters. The fraction of sp³-hybridized carbons (Fsp3) is 0.357. The minimum absolute atomic E-state index is 0.289. The van der Waals surface area contributed by atoms with Crippen LogP contribution >= 0.6 is 11.8 Å². The van der Waals surface area contributed by atoms with Crippen molar-refractivity contribution in [1.29, 1.82) is 0 Å². The Morgan fingerprint density at radius 3 is 2.95 bits per heavy atom. The molecule has 0 fully saturated rings. The van der Waals surface area contributed by atoms with E-state index in [1.807, 2.05) is 18.2 Å². The normalized spacial score (nSPS) is 14.2. The zero-order valence-corrected chi connectivity index (χ0v) is 11.6. The molecule has 2 aromatic heterocycles. The molecular formula is C14H18N2O2S. The molecule has 2 rings (SSSR count). The maximum absolute atomic E-state index is 9.87. The van der Waals surface area contributed by atoms with Crippen molar-refractivity contribution in [3.63, 3.8) is 0 Å². The molecule has 0 amide bonds. The first-order valence-corrected chi connectivity index (χ1v) is 7.23. The predicted molar refractivity (Wildman–Crippen MR) is 76.1 cm³/mol. The lowest BCUT2D eigenvalue weighted by molar-refractivity contribution is 0.145. The van der Waals surface area contributed by atoms with Gasteiger partial charge in [0.05, 0.1) is 11.3 Å². The van der Waals surface area contributed by atoms with E-state index >= 15 is 0 Å². The van der Waals surface area contributed by atoms with Gasteiger partial charge in [-0.2, -0.15) is 0 Å². The molecule has 0 saturated heterocycles. The molecule has 102 valence electrons. The van der Waals surface area contributed by atoms with E-state index in [0.29, 0.717) is 12.3 Å². The van der Waals surface area contributed by atoms with Crippen molar-refractivity contribution in [2.45, 2.75) is 24.1 Å². The number of pyridine rings is 1. The molecule has 4 nitrogen and oxygen atoms in total. The number of rotatable bonds is 7. The molecule has 2 N–H and O–H groups in total. The molecule has 0 aliphatic rings. The van der Waals surface area contributed by atoms with Crippen molar-refractivity contribution >= 4 is 11.8 Å². The summed E-state index contributed by atoms with van der Waals surface area (Å²) >= 11 is 1.70. The van der Waals surface area contributed by atoms with Crippen LogP contribution in [0.2, 0.25) is 0 Å². The van der Waals surface area contributed by atoms with Gasteiger partial charge in [-0.05, 0) is 31.2 Å². The summed E-state index contributed by atoms with van der Waals surface area (Å²) in [5.41, 5.74) is 0. The smallest absolute Gasteiger partial charge is 0.133 e. The lowest BCUT2D eigenvalue weighted by Gasteiger charge is -2.15. The summed E-state index contributed by atoms with van der Waals surface area (Å²) in [6, 6.07) is 9.73. The number of aliphatic hydroxyl groups excluding tert-OH is 1. The van der Waals surface area contributed by atoms with Gasteiger partial charge in [-0.1, -0.05) is 6.07 Å². The average Bonchev–Trinajstić information content (AvgIpc) is 2.98. The van der Waals surface area contributed by atoms with Crippen molar-refractivity contribution in [3.05, 3.63) is 48.6 Å². The second-order valence-corrected chi connectivity index (χ2v) is 5.36. The Labute approximate surface area is 117 Å². The van der Waals surface area contributed by atoms with E-state index in [0.717, 1.165) is 10.8 Å². The minimum Gasteiger partial charge on any atom is -0.467 e. The molecule has 2 unspecified atom stereocenters. The summed E-state index contributed by atoms with van der Waals surface area (Å²) in [4.78, 5) is 4.26. The lowest BCUT2D eigenvalue weighted by atomic mass is 10.2. The van der Waals surface area contributed by atoms with Crippen molar-refractivity contribution in [3.8, 4) is 0 Å². The highest BCUT2D eigenvalue weighted by Crippen LogP contribution is 2.16. The zero-order valence-electron chi connectivity index (χ0n) is 10.8. The Bertz CT molecular complexity index is 462. The molecule has 5 heteroatoms. The minimum atomic E-state index is -0.600. The SMILES string of the molecule is CC(CSc1ccccn1)NCC(O)c1ccco1. The van der Waals surface area contributed by atoms with Gasteiger partial charge in [0, 0.05) is 24.5 Å². The molecule has 19 heavy (non-hydrogen) atoms. The van der Waals surface area contributed by atoms with Crippen molar-refractivity contribution in [2.24, 2.45) is 0 Å². The fourth-order valence-corrected chi connectivity index (χ4v) is 2.44. The van der Waals surface area contributed by atoms with Crippen LogP contribution in [-0.4, -0.2) is 28.4 Å². The van der Waals surface area contributed by atoms with Gasteiger partial charge in [0.1, 0.15) is 11.9 Å². The third kappa shape index (κ3) is 4.70. The number of hydrogen-bond donors (Lipinski definition) is 2. The first-order valence-electron chi connectivity index (χ1n) is 6.24. The second-order valence-electron chi connectivity index (χ2n) is 4.32. The molecule has 0 aliphatic heterocycles. The van der Waals surface area contributed by atoms with Crippen LogP contribution in [0.4, 0.5) is 0 Å². The Morgan fingerprint density at radius 1 is 1.37 bits per heavy atom. The van der Waals surface area contributed by atoms with E-state index < -0.39 is 6.10 Å². The Hall–Kier alpha value is -1.30. The molecule has 0 spiro atoms. The van der Waals surface area contributed by atoms with E-state index in [-0.39, 0.29) is 6.04 Å². The maximum Gasteiger partial charge on any atom is 0.133 e. The third-order valence-corrected chi connectivity index (χ3v) is 3.85. The molecule has 0 saturated carbocycles. The maximum atomic E-state index is 9.87. The quantitative estimate of drug-likeness (QED) is 0.762. The molecule has 0 aromatic carbocycles. The van der Waals surface area contributed by atoms with Gasteiger partial charge in [-0.3, -0.25) is 0 Å². The summed E-state index contributed by atoms with van der Waals surface area (Å²) in [5.74, 6) is 1.50. The van der Waals surface area contributed by atoms with Gasteiger partial charge < -0.3 is 14.8 Å². The lowest BCUT2D eigenvalue weighted by Crippen LogP contribution is -2.32. The fourth-order valence-electron chi connectivity index (χ4n) is 1.60. The van der Waals surface area contributed by atoms with Crippen molar-refractivity contribution in [1.82, 2.24) is 10.3 Å². The number of nitrogens with one attached hydrogen (secondary N) is 1. The van der Waals surface area contributed by atoms with E-state index in [2.05, 4.69) is 17.2 Å². The first kappa shape index (κ1) is 14.1. The summed E-state index contributed by atoms with van der Waals surface area (Å²) in [6.07, 6.45) is 2.76. The van der Waals surface area contributed by atoms with Crippen molar-refractivity contribution < 1.29 is 9.52 Å². The van der Waals surface area contributed by atoms with Gasteiger partial charge in [-0.15, -0.1) is 11.8 Å². The molecule has 0 bridgehead atoms. The van der Waals surface area contributed by atoms with Crippen LogP contribution in [0.1, 0.15) is 18.8 Å². The van der Waals surface area contributed by atoms with E-state index in [1.54, 1.807) is 36.4 Å². The van der Waals surface area contributed by atoms with Gasteiger partial charge in [0.2, 0.25) is 0 Å². The van der Waals surface area contributed by atoms with Crippen LogP contribution in [0, 0.1) is 0 Å². The highest BCUT2D eigenvalue weighted by molar-refractivity contribution is 7.99. The number of thioether (sulfide) groups is 1. The molecule has 0 radical (unpaired) electrons. The van der Waals surface area contributed by atoms with E-state index in [9.17, 15) is 5.11 Å². The number of aromatic nitrogens is 1. The molecular weight excluding hydrogens is 260 g/mol. The highest BCUT2D eigenvalue weighted by Gasteiger charge is 2.11. The summed E-state index contributed by atoms with van der Waals surface area (Å²) in [6.45, 7) is 2.57. The number of furan rings is 1. The van der Waals surface area contributed by atoms with Crippen LogP contribution in [0.5, 0.6) is 0 Å². The average molecular weight is 278 g/mol. The van der Waals surface area contributed by atoms with Crippen LogP contribution in [0.25, 0.3) is 0 Å². The monoisotopic (exact) mass is 278 g/mol. The van der Waals surface area contributed by atoms with Gasteiger partial charge >= 0.3 is 0 Å². The predicted octanol–water partition coefficient (Wildman–Crippen LogP) is 2.48. The number of hydrogen-bond acceptors (Lipinski definition) is 5. The zero-order chi connectivity index (χ0) is 13.5. The molecule has 2 aromatic rings. The highest BCUT2D eigenvalue weighted by atomic mass is 32.2. The van der Waals surface area contributed by atoms with Crippen LogP contribution < -0.4 is 5.32 Å². The summed E-state index contributed by atoms with van der Waals surface area (Å²) in [7, 11) is 0. The van der Waals surface area contributed by atoms with E-state index in [1.165, 1.54) is 0 Å². The third-order valence-electron chi connectivity index (χ3n) is 2.65. The Kier molecular flexibility index (Phi) is 5.44. The largest absolute Gasteiger partial charge is 0.467 e. The van der Waals surface area contributed by atoms with Gasteiger partial charge in [0.15, 0.2) is 0 Å².